The Bertz CT molecular complexity index is 2050. The van der Waals surface area contributed by atoms with Crippen molar-refractivity contribution in [1.82, 2.24) is 0 Å². The summed E-state index contributed by atoms with van der Waals surface area (Å²) in [5.74, 6) is 0.296. The molecule has 17 nitrogen and oxygen atoms in total. The van der Waals surface area contributed by atoms with Gasteiger partial charge in [-0.05, 0) is 43.4 Å². The van der Waals surface area contributed by atoms with Gasteiger partial charge in [-0.25, -0.2) is 9.13 Å². The monoisotopic (exact) mass is 1550 g/mol. The lowest BCUT2D eigenvalue weighted by Gasteiger charge is -2.21. The molecule has 3 N–H and O–H groups in total. The third-order valence-electron chi connectivity index (χ3n) is 21.1. The molecule has 0 aliphatic heterocycles. The summed E-state index contributed by atoms with van der Waals surface area (Å²) in [5, 5.41) is 10.7. The van der Waals surface area contributed by atoms with Gasteiger partial charge in [0.25, 0.3) is 0 Å². The summed E-state index contributed by atoms with van der Waals surface area (Å²) in [4.78, 5) is 73.3. The molecule has 0 aromatic carbocycles. The molecular formula is C87H170O17P2. The summed E-state index contributed by atoms with van der Waals surface area (Å²) < 4.78 is 68.9. The van der Waals surface area contributed by atoms with Crippen LogP contribution in [0.5, 0.6) is 0 Å². The largest absolute Gasteiger partial charge is 0.472 e. The normalized spacial score (nSPS) is 14.4. The molecule has 0 rings (SSSR count). The molecule has 0 spiro atoms. The number of phosphoric acid groups is 2. The lowest BCUT2D eigenvalue weighted by Crippen LogP contribution is -2.30. The Hall–Kier alpha value is -1.94. The topological polar surface area (TPSA) is 237 Å². The highest BCUT2D eigenvalue weighted by Crippen LogP contribution is 2.45. The van der Waals surface area contributed by atoms with Crippen LogP contribution in [-0.2, 0) is 65.4 Å². The molecule has 0 heterocycles. The zero-order valence-corrected chi connectivity index (χ0v) is 71.7. The van der Waals surface area contributed by atoms with Crippen molar-refractivity contribution < 1.29 is 80.2 Å². The first kappa shape index (κ1) is 104. The maximum Gasteiger partial charge on any atom is 0.472 e. The molecule has 19 heteroatoms. The van der Waals surface area contributed by atoms with Crippen LogP contribution in [0.2, 0.25) is 0 Å². The van der Waals surface area contributed by atoms with Crippen molar-refractivity contribution >= 4 is 39.5 Å². The first-order valence-corrected chi connectivity index (χ1v) is 47.9. The molecule has 0 aromatic rings. The average Bonchev–Trinajstić information content (AvgIpc) is 0.902. The molecule has 0 fully saturated rings. The van der Waals surface area contributed by atoms with E-state index >= 15 is 0 Å². The first-order chi connectivity index (χ1) is 51.3. The summed E-state index contributed by atoms with van der Waals surface area (Å²) in [6, 6.07) is 0. The van der Waals surface area contributed by atoms with Crippen LogP contribution in [0.15, 0.2) is 0 Å². The number of unbranched alkanes of at least 4 members (excludes halogenated alkanes) is 51. The molecule has 0 aliphatic carbocycles. The molecule has 7 atom stereocenters. The van der Waals surface area contributed by atoms with E-state index in [1.54, 1.807) is 0 Å². The lowest BCUT2D eigenvalue weighted by molar-refractivity contribution is -0.161. The summed E-state index contributed by atoms with van der Waals surface area (Å²) >= 11 is 0. The van der Waals surface area contributed by atoms with Crippen LogP contribution in [0.4, 0.5) is 0 Å². The van der Waals surface area contributed by atoms with Crippen LogP contribution < -0.4 is 0 Å². The van der Waals surface area contributed by atoms with E-state index in [9.17, 15) is 43.2 Å². The van der Waals surface area contributed by atoms with Crippen LogP contribution in [0.3, 0.4) is 0 Å². The number of aliphatic hydroxyl groups is 1. The van der Waals surface area contributed by atoms with Crippen LogP contribution in [0.1, 0.15) is 459 Å². The van der Waals surface area contributed by atoms with Gasteiger partial charge in [-0.15, -0.1) is 0 Å². The Kier molecular flexibility index (Phi) is 75.6. The summed E-state index contributed by atoms with van der Waals surface area (Å²) in [5.41, 5.74) is 0. The van der Waals surface area contributed by atoms with Gasteiger partial charge in [0.1, 0.15) is 19.3 Å². The van der Waals surface area contributed by atoms with Crippen LogP contribution >= 0.6 is 15.6 Å². The maximum absolute atomic E-state index is 13.2. The standard InChI is InChI=1S/C87H170O17P2/c1-8-11-12-13-14-15-16-17-18-19-20-21-22-23-31-36-41-48-56-63-70-86(91)103-82(74-97-84(89)68-61-54-47-40-35-30-26-24-28-33-38-45-52-59-66-79(6)9-2)76-101-105(93,94)99-72-81(88)73-100-106(95,96)102-77-83(75-98-85(90)69-62-55-50-43-44-51-58-65-78(4)5)104-87(92)71-64-57-49-42-37-32-27-25-29-34-39-46-53-60-67-80(7)10-3/h78-83,88H,8-77H2,1-7H3,(H,93,94)(H,95,96)/t79?,80?,81-,82-,83-/m1/s1. The van der Waals surface area contributed by atoms with E-state index in [2.05, 4.69) is 48.5 Å². The zero-order valence-electron chi connectivity index (χ0n) is 69.9. The SMILES string of the molecule is CCCCCCCCCCCCCCCCCCCCCCC(=O)O[C@H](COC(=O)CCCCCCCCCCCCCCCCC(C)CC)COP(=O)(O)OC[C@@H](O)COP(=O)(O)OC[C@@H](COC(=O)CCCCCCCCCC(C)C)OC(=O)CCCCCCCCCCCCCCCCC(C)CC. The van der Waals surface area contributed by atoms with Gasteiger partial charge in [0, 0.05) is 25.7 Å². The van der Waals surface area contributed by atoms with Crippen molar-refractivity contribution in [3.63, 3.8) is 0 Å². The third-order valence-corrected chi connectivity index (χ3v) is 23.0. The molecular weight excluding hydrogens is 1380 g/mol. The Morgan fingerprint density at radius 2 is 0.481 bits per heavy atom. The molecule has 0 saturated heterocycles. The van der Waals surface area contributed by atoms with E-state index in [4.69, 9.17) is 37.0 Å². The average molecular weight is 1550 g/mol. The number of ether oxygens (including phenoxy) is 4. The molecule has 0 aromatic heterocycles. The van der Waals surface area contributed by atoms with Crippen molar-refractivity contribution in [2.24, 2.45) is 17.8 Å². The lowest BCUT2D eigenvalue weighted by atomic mass is 9.99. The smallest absolute Gasteiger partial charge is 0.462 e. The molecule has 0 amide bonds. The van der Waals surface area contributed by atoms with Crippen molar-refractivity contribution in [2.75, 3.05) is 39.6 Å². The Labute approximate surface area is 651 Å². The number of carbonyl (C=O) groups excluding carboxylic acids is 4. The van der Waals surface area contributed by atoms with Crippen molar-refractivity contribution in [3.8, 4) is 0 Å². The highest BCUT2D eigenvalue weighted by molar-refractivity contribution is 7.47. The van der Waals surface area contributed by atoms with E-state index in [1.165, 1.54) is 263 Å². The van der Waals surface area contributed by atoms with Crippen molar-refractivity contribution in [3.05, 3.63) is 0 Å². The van der Waals surface area contributed by atoms with Gasteiger partial charge in [-0.3, -0.25) is 37.3 Å². The van der Waals surface area contributed by atoms with Gasteiger partial charge in [0.15, 0.2) is 12.2 Å². The van der Waals surface area contributed by atoms with Crippen molar-refractivity contribution in [2.45, 2.75) is 478 Å². The molecule has 0 bridgehead atoms. The minimum Gasteiger partial charge on any atom is -0.462 e. The molecule has 106 heavy (non-hydrogen) atoms. The second-order valence-electron chi connectivity index (χ2n) is 32.2. The van der Waals surface area contributed by atoms with E-state index in [1.807, 2.05) is 0 Å². The Balaban J connectivity index is 5.24. The van der Waals surface area contributed by atoms with Crippen LogP contribution in [0.25, 0.3) is 0 Å². The van der Waals surface area contributed by atoms with Gasteiger partial charge < -0.3 is 33.8 Å². The number of rotatable bonds is 85. The van der Waals surface area contributed by atoms with Crippen LogP contribution in [-0.4, -0.2) is 96.7 Å². The quantitative estimate of drug-likeness (QED) is 0.0222. The number of aliphatic hydroxyl groups excluding tert-OH is 1. The van der Waals surface area contributed by atoms with E-state index in [0.29, 0.717) is 31.6 Å². The fourth-order valence-electron chi connectivity index (χ4n) is 13.5. The fourth-order valence-corrected chi connectivity index (χ4v) is 15.1. The minimum absolute atomic E-state index is 0.107. The molecule has 630 valence electrons. The predicted molar refractivity (Wildman–Crippen MR) is 437 cm³/mol. The predicted octanol–water partition coefficient (Wildman–Crippen LogP) is 26.5. The molecule has 0 aliphatic rings. The second-order valence-corrected chi connectivity index (χ2v) is 35.1. The van der Waals surface area contributed by atoms with Gasteiger partial charge in [-0.2, -0.15) is 0 Å². The van der Waals surface area contributed by atoms with Gasteiger partial charge in [-0.1, -0.05) is 408 Å². The first-order valence-electron chi connectivity index (χ1n) is 44.9. The molecule has 0 radical (unpaired) electrons. The fraction of sp³-hybridized carbons (Fsp3) is 0.954. The minimum atomic E-state index is -4.97. The van der Waals surface area contributed by atoms with E-state index < -0.39 is 97.5 Å². The zero-order chi connectivity index (χ0) is 77.9. The maximum atomic E-state index is 13.2. The molecule has 4 unspecified atom stereocenters. The molecule has 0 saturated carbocycles. The van der Waals surface area contributed by atoms with Crippen LogP contribution in [0, 0.1) is 17.8 Å². The summed E-state index contributed by atoms with van der Waals surface area (Å²) in [6.07, 6.45) is 68.0. The number of carbonyl (C=O) groups is 4. The Morgan fingerprint density at radius 1 is 0.274 bits per heavy atom. The number of hydrogen-bond donors (Lipinski definition) is 3. The number of esters is 4. The van der Waals surface area contributed by atoms with Gasteiger partial charge in [0.05, 0.1) is 26.4 Å². The third kappa shape index (κ3) is 77.4. The van der Waals surface area contributed by atoms with E-state index in [-0.39, 0.29) is 25.7 Å². The van der Waals surface area contributed by atoms with Gasteiger partial charge >= 0.3 is 39.5 Å². The Morgan fingerprint density at radius 3 is 0.717 bits per heavy atom. The highest BCUT2D eigenvalue weighted by atomic mass is 31.2. The van der Waals surface area contributed by atoms with Gasteiger partial charge in [0.2, 0.25) is 0 Å². The summed E-state index contributed by atoms with van der Waals surface area (Å²) in [6.45, 7) is 12.0. The second kappa shape index (κ2) is 77.0. The highest BCUT2D eigenvalue weighted by Gasteiger charge is 2.31. The number of hydrogen-bond acceptors (Lipinski definition) is 15. The number of phosphoric ester groups is 2. The summed E-state index contributed by atoms with van der Waals surface area (Å²) in [7, 11) is -9.93. The van der Waals surface area contributed by atoms with Crippen molar-refractivity contribution in [1.29, 1.82) is 0 Å². The van der Waals surface area contributed by atoms with E-state index in [0.717, 1.165) is 108 Å².